The first kappa shape index (κ1) is 18.2. The summed E-state index contributed by atoms with van der Waals surface area (Å²) in [5.74, 6) is 1.52. The lowest BCUT2D eigenvalue weighted by molar-refractivity contribution is -0.0279. The molecule has 0 spiro atoms. The summed E-state index contributed by atoms with van der Waals surface area (Å²) in [4.78, 5) is 2.45. The summed E-state index contributed by atoms with van der Waals surface area (Å²) in [5, 5.41) is 0. The van der Waals surface area contributed by atoms with E-state index in [2.05, 4.69) is 68.2 Å². The van der Waals surface area contributed by atoms with Crippen LogP contribution in [0.3, 0.4) is 0 Å². The Kier molecular flexibility index (Phi) is 5.98. The van der Waals surface area contributed by atoms with E-state index in [1.807, 2.05) is 0 Å². The number of allylic oxidation sites excluding steroid dienone is 3. The highest BCUT2D eigenvalue weighted by atomic mass is 16.7. The maximum Gasteiger partial charge on any atom is 0.189 e. The fourth-order valence-electron chi connectivity index (χ4n) is 3.46. The average Bonchev–Trinajstić information content (AvgIpc) is 2.61. The third kappa shape index (κ3) is 5.20. The summed E-state index contributed by atoms with van der Waals surface area (Å²) in [7, 11) is 0. The zero-order chi connectivity index (χ0) is 17.7. The number of benzene rings is 1. The van der Waals surface area contributed by atoms with Crippen LogP contribution in [0, 0.1) is 11.3 Å². The SMILES string of the molecule is CC(C)(C)C1C=CC(OCOCCN2CCc3ccccc3C2)=CC1. The van der Waals surface area contributed by atoms with Gasteiger partial charge in [-0.25, -0.2) is 0 Å². The molecule has 1 atom stereocenters. The maximum absolute atomic E-state index is 5.72. The van der Waals surface area contributed by atoms with Crippen LogP contribution in [-0.2, 0) is 22.4 Å². The first-order valence-electron chi connectivity index (χ1n) is 9.40. The molecular formula is C22H31NO2. The van der Waals surface area contributed by atoms with Crippen LogP contribution in [0.15, 0.2) is 48.3 Å². The Morgan fingerprint density at radius 1 is 1.16 bits per heavy atom. The van der Waals surface area contributed by atoms with Crippen LogP contribution in [0.2, 0.25) is 0 Å². The van der Waals surface area contributed by atoms with Gasteiger partial charge in [-0.05, 0) is 47.5 Å². The standard InChI is InChI=1S/C22H31NO2/c1-22(2,3)20-8-10-21(11-9-20)25-17-24-15-14-23-13-12-18-6-4-5-7-19(18)16-23/h4-8,10-11,20H,9,12-17H2,1-3H3. The molecule has 0 saturated heterocycles. The third-order valence-corrected chi connectivity index (χ3v) is 5.25. The molecule has 136 valence electrons. The lowest BCUT2D eigenvalue weighted by Gasteiger charge is -2.29. The molecule has 2 aliphatic rings. The first-order chi connectivity index (χ1) is 12.0. The van der Waals surface area contributed by atoms with Crippen LogP contribution in [0.4, 0.5) is 0 Å². The molecule has 0 fully saturated rings. The summed E-state index contributed by atoms with van der Waals surface area (Å²) in [5.41, 5.74) is 3.26. The van der Waals surface area contributed by atoms with E-state index >= 15 is 0 Å². The smallest absolute Gasteiger partial charge is 0.189 e. The molecule has 0 radical (unpaired) electrons. The fraction of sp³-hybridized carbons (Fsp3) is 0.545. The molecule has 1 aliphatic carbocycles. The van der Waals surface area contributed by atoms with Gasteiger partial charge in [-0.15, -0.1) is 0 Å². The molecule has 1 aromatic rings. The molecule has 1 aliphatic heterocycles. The van der Waals surface area contributed by atoms with Gasteiger partial charge in [0.15, 0.2) is 6.79 Å². The van der Waals surface area contributed by atoms with E-state index in [1.165, 1.54) is 11.1 Å². The van der Waals surface area contributed by atoms with Gasteiger partial charge in [0, 0.05) is 19.6 Å². The second-order valence-corrected chi connectivity index (χ2v) is 8.14. The molecule has 3 heteroatoms. The number of fused-ring (bicyclic) bond motifs is 1. The van der Waals surface area contributed by atoms with E-state index in [0.717, 1.165) is 38.2 Å². The summed E-state index contributed by atoms with van der Waals surface area (Å²) in [6.07, 6.45) is 8.72. The highest BCUT2D eigenvalue weighted by Crippen LogP contribution is 2.33. The van der Waals surface area contributed by atoms with Crippen LogP contribution >= 0.6 is 0 Å². The van der Waals surface area contributed by atoms with Crippen LogP contribution < -0.4 is 0 Å². The lowest BCUT2D eigenvalue weighted by atomic mass is 9.77. The maximum atomic E-state index is 5.72. The Hall–Kier alpha value is -1.58. The minimum Gasteiger partial charge on any atom is -0.468 e. The Morgan fingerprint density at radius 3 is 2.68 bits per heavy atom. The van der Waals surface area contributed by atoms with Crippen molar-refractivity contribution in [2.75, 3.05) is 26.5 Å². The Labute approximate surface area is 152 Å². The van der Waals surface area contributed by atoms with Crippen molar-refractivity contribution in [3.8, 4) is 0 Å². The van der Waals surface area contributed by atoms with Crippen molar-refractivity contribution < 1.29 is 9.47 Å². The van der Waals surface area contributed by atoms with Crippen LogP contribution in [0.1, 0.15) is 38.3 Å². The van der Waals surface area contributed by atoms with E-state index in [0.29, 0.717) is 24.7 Å². The van der Waals surface area contributed by atoms with E-state index < -0.39 is 0 Å². The van der Waals surface area contributed by atoms with Crippen molar-refractivity contribution in [3.63, 3.8) is 0 Å². The van der Waals surface area contributed by atoms with Crippen LogP contribution in [0.25, 0.3) is 0 Å². The summed E-state index contributed by atoms with van der Waals surface area (Å²) in [6.45, 7) is 11.0. The fourth-order valence-corrected chi connectivity index (χ4v) is 3.46. The lowest BCUT2D eigenvalue weighted by Crippen LogP contribution is -2.33. The summed E-state index contributed by atoms with van der Waals surface area (Å²) < 4.78 is 11.4. The number of ether oxygens (including phenoxy) is 2. The van der Waals surface area contributed by atoms with E-state index in [9.17, 15) is 0 Å². The molecule has 0 aromatic heterocycles. The van der Waals surface area contributed by atoms with Crippen molar-refractivity contribution in [1.29, 1.82) is 0 Å². The van der Waals surface area contributed by atoms with Gasteiger partial charge in [-0.1, -0.05) is 51.1 Å². The van der Waals surface area contributed by atoms with Crippen LogP contribution in [0.5, 0.6) is 0 Å². The quantitative estimate of drug-likeness (QED) is 0.560. The predicted molar refractivity (Wildman–Crippen MR) is 102 cm³/mol. The van der Waals surface area contributed by atoms with Gasteiger partial charge in [-0.3, -0.25) is 4.90 Å². The molecule has 3 nitrogen and oxygen atoms in total. The number of hydrogen-bond donors (Lipinski definition) is 0. The van der Waals surface area contributed by atoms with E-state index in [4.69, 9.17) is 9.47 Å². The van der Waals surface area contributed by atoms with Gasteiger partial charge in [-0.2, -0.15) is 0 Å². The molecule has 0 amide bonds. The molecule has 1 unspecified atom stereocenters. The first-order valence-corrected chi connectivity index (χ1v) is 9.40. The van der Waals surface area contributed by atoms with Gasteiger partial charge >= 0.3 is 0 Å². The van der Waals surface area contributed by atoms with Crippen molar-refractivity contribution in [2.24, 2.45) is 11.3 Å². The minimum absolute atomic E-state index is 0.308. The predicted octanol–water partition coefficient (Wildman–Crippen LogP) is 4.54. The number of rotatable bonds is 6. The number of hydrogen-bond acceptors (Lipinski definition) is 3. The zero-order valence-corrected chi connectivity index (χ0v) is 15.8. The van der Waals surface area contributed by atoms with Crippen molar-refractivity contribution in [2.45, 2.75) is 40.2 Å². The van der Waals surface area contributed by atoms with Gasteiger partial charge < -0.3 is 9.47 Å². The van der Waals surface area contributed by atoms with E-state index in [1.54, 1.807) is 0 Å². The summed E-state index contributed by atoms with van der Waals surface area (Å²) >= 11 is 0. The monoisotopic (exact) mass is 341 g/mol. The largest absolute Gasteiger partial charge is 0.468 e. The molecule has 1 heterocycles. The Bertz CT molecular complexity index is 627. The third-order valence-electron chi connectivity index (χ3n) is 5.25. The summed E-state index contributed by atoms with van der Waals surface area (Å²) in [6, 6.07) is 8.74. The van der Waals surface area contributed by atoms with Gasteiger partial charge in [0.1, 0.15) is 5.76 Å². The Morgan fingerprint density at radius 2 is 1.96 bits per heavy atom. The molecule has 0 bridgehead atoms. The molecule has 25 heavy (non-hydrogen) atoms. The normalized spacial score (nSPS) is 20.9. The minimum atomic E-state index is 0.308. The van der Waals surface area contributed by atoms with Gasteiger partial charge in [0.2, 0.25) is 0 Å². The van der Waals surface area contributed by atoms with Gasteiger partial charge in [0.05, 0.1) is 6.61 Å². The molecular weight excluding hydrogens is 310 g/mol. The van der Waals surface area contributed by atoms with Crippen LogP contribution in [-0.4, -0.2) is 31.4 Å². The molecule has 1 aromatic carbocycles. The van der Waals surface area contributed by atoms with E-state index in [-0.39, 0.29) is 0 Å². The molecule has 3 rings (SSSR count). The Balaban J connectivity index is 1.31. The highest BCUT2D eigenvalue weighted by molar-refractivity contribution is 5.29. The zero-order valence-electron chi connectivity index (χ0n) is 15.8. The van der Waals surface area contributed by atoms with Gasteiger partial charge in [0.25, 0.3) is 0 Å². The highest BCUT2D eigenvalue weighted by Gasteiger charge is 2.23. The molecule has 0 saturated carbocycles. The second-order valence-electron chi connectivity index (χ2n) is 8.14. The topological polar surface area (TPSA) is 21.7 Å². The molecule has 0 N–H and O–H groups in total. The van der Waals surface area contributed by atoms with Crippen molar-refractivity contribution in [3.05, 3.63) is 59.4 Å². The second kappa shape index (κ2) is 8.20. The average molecular weight is 341 g/mol. The number of nitrogens with zero attached hydrogens (tertiary/aromatic N) is 1. The van der Waals surface area contributed by atoms with Crippen molar-refractivity contribution >= 4 is 0 Å². The van der Waals surface area contributed by atoms with Crippen molar-refractivity contribution in [1.82, 2.24) is 4.90 Å².